The van der Waals surface area contributed by atoms with Crippen LogP contribution < -0.4 is 11.1 Å². The van der Waals surface area contributed by atoms with Crippen molar-refractivity contribution in [3.63, 3.8) is 0 Å². The Bertz CT molecular complexity index is 579. The summed E-state index contributed by atoms with van der Waals surface area (Å²) >= 11 is 3.14. The molecule has 0 aliphatic heterocycles. The van der Waals surface area contributed by atoms with Crippen LogP contribution in [0.5, 0.6) is 0 Å². The van der Waals surface area contributed by atoms with Gasteiger partial charge in [-0.05, 0) is 30.3 Å². The molecule has 0 radical (unpaired) electrons. The highest BCUT2D eigenvalue weighted by atomic mass is 79.9. The molecule has 0 heterocycles. The number of rotatable bonds is 2. The van der Waals surface area contributed by atoms with Gasteiger partial charge in [0.1, 0.15) is 11.5 Å². The number of nitrogens with one attached hydrogen (secondary N) is 1. The van der Waals surface area contributed by atoms with Crippen LogP contribution in [0.4, 0.5) is 30.2 Å². The summed E-state index contributed by atoms with van der Waals surface area (Å²) in [7, 11) is 0. The van der Waals surface area contributed by atoms with Crippen LogP contribution >= 0.6 is 15.9 Å². The average molecular weight is 317 g/mol. The number of benzene rings is 2. The van der Waals surface area contributed by atoms with Crippen LogP contribution in [-0.2, 0) is 0 Å². The number of nitrogens with two attached hydrogens (primary N) is 1. The Balaban J connectivity index is 2.43. The van der Waals surface area contributed by atoms with Crippen molar-refractivity contribution in [2.24, 2.45) is 0 Å². The van der Waals surface area contributed by atoms with Crippen LogP contribution in [0.1, 0.15) is 0 Å². The molecular weight excluding hydrogens is 309 g/mol. The van der Waals surface area contributed by atoms with Gasteiger partial charge in [-0.25, -0.2) is 13.2 Å². The standard InChI is InChI=1S/C12H8BrF3N2/c13-6-1-2-8(14)11(3-6)18-12-9(15)4-7(17)5-10(12)16/h1-5,18H,17H2. The summed E-state index contributed by atoms with van der Waals surface area (Å²) in [6.07, 6.45) is 0. The van der Waals surface area contributed by atoms with Gasteiger partial charge in [-0.3, -0.25) is 0 Å². The summed E-state index contributed by atoms with van der Waals surface area (Å²) in [6, 6.07) is 5.96. The summed E-state index contributed by atoms with van der Waals surface area (Å²) in [6.45, 7) is 0. The van der Waals surface area contributed by atoms with E-state index >= 15 is 0 Å². The Kier molecular flexibility index (Phi) is 3.47. The van der Waals surface area contributed by atoms with Gasteiger partial charge in [0.25, 0.3) is 0 Å². The Labute approximate surface area is 110 Å². The fourth-order valence-electron chi connectivity index (χ4n) is 1.44. The molecule has 18 heavy (non-hydrogen) atoms. The van der Waals surface area contributed by atoms with Crippen molar-refractivity contribution in [3.05, 3.63) is 52.3 Å². The van der Waals surface area contributed by atoms with E-state index in [0.717, 1.165) is 12.1 Å². The molecule has 0 atom stereocenters. The van der Waals surface area contributed by atoms with E-state index in [2.05, 4.69) is 21.2 Å². The molecule has 2 aromatic rings. The molecule has 0 bridgehead atoms. The average Bonchev–Trinajstić information content (AvgIpc) is 2.28. The van der Waals surface area contributed by atoms with Gasteiger partial charge in [0.15, 0.2) is 11.6 Å². The quantitative estimate of drug-likeness (QED) is 0.815. The zero-order valence-corrected chi connectivity index (χ0v) is 10.6. The Hall–Kier alpha value is -1.69. The Morgan fingerprint density at radius 1 is 0.944 bits per heavy atom. The fourth-order valence-corrected chi connectivity index (χ4v) is 1.80. The van der Waals surface area contributed by atoms with Gasteiger partial charge in [-0.1, -0.05) is 15.9 Å². The van der Waals surface area contributed by atoms with Gasteiger partial charge in [0, 0.05) is 10.2 Å². The van der Waals surface area contributed by atoms with Crippen molar-refractivity contribution in [3.8, 4) is 0 Å². The first-order valence-corrected chi connectivity index (χ1v) is 5.73. The van der Waals surface area contributed by atoms with E-state index in [0.29, 0.717) is 4.47 Å². The van der Waals surface area contributed by atoms with Crippen molar-refractivity contribution in [2.75, 3.05) is 11.1 Å². The summed E-state index contributed by atoms with van der Waals surface area (Å²) in [4.78, 5) is 0. The number of hydrogen-bond donors (Lipinski definition) is 2. The lowest BCUT2D eigenvalue weighted by molar-refractivity contribution is 0.590. The lowest BCUT2D eigenvalue weighted by atomic mass is 10.2. The Morgan fingerprint density at radius 2 is 1.56 bits per heavy atom. The van der Waals surface area contributed by atoms with Crippen LogP contribution in [0.3, 0.4) is 0 Å². The number of nitrogen functional groups attached to an aromatic ring is 1. The zero-order valence-electron chi connectivity index (χ0n) is 8.98. The minimum absolute atomic E-state index is 0.0352. The molecule has 0 unspecified atom stereocenters. The molecule has 0 saturated carbocycles. The van der Waals surface area contributed by atoms with Gasteiger partial charge in [0.2, 0.25) is 0 Å². The second-order valence-corrected chi connectivity index (χ2v) is 4.52. The monoisotopic (exact) mass is 316 g/mol. The van der Waals surface area contributed by atoms with Gasteiger partial charge >= 0.3 is 0 Å². The highest BCUT2D eigenvalue weighted by molar-refractivity contribution is 9.10. The molecule has 2 aromatic carbocycles. The molecule has 0 amide bonds. The molecule has 2 rings (SSSR count). The maximum atomic E-state index is 13.5. The molecule has 0 aromatic heterocycles. The van der Waals surface area contributed by atoms with Crippen LogP contribution in [0, 0.1) is 17.5 Å². The fraction of sp³-hybridized carbons (Fsp3) is 0. The summed E-state index contributed by atoms with van der Waals surface area (Å²) in [5, 5.41) is 2.37. The molecule has 6 heteroatoms. The lowest BCUT2D eigenvalue weighted by Crippen LogP contribution is -2.01. The normalized spacial score (nSPS) is 10.4. The third kappa shape index (κ3) is 2.59. The number of anilines is 3. The largest absolute Gasteiger partial charge is 0.399 e. The van der Waals surface area contributed by atoms with E-state index in [-0.39, 0.29) is 11.4 Å². The molecule has 0 aliphatic rings. The van der Waals surface area contributed by atoms with E-state index < -0.39 is 23.1 Å². The molecule has 2 nitrogen and oxygen atoms in total. The van der Waals surface area contributed by atoms with E-state index in [9.17, 15) is 13.2 Å². The third-order valence-electron chi connectivity index (χ3n) is 2.25. The molecule has 0 spiro atoms. The third-order valence-corrected chi connectivity index (χ3v) is 2.75. The molecule has 0 saturated heterocycles. The topological polar surface area (TPSA) is 38.0 Å². The predicted molar refractivity (Wildman–Crippen MR) is 68.2 cm³/mol. The van der Waals surface area contributed by atoms with Crippen LogP contribution in [-0.4, -0.2) is 0 Å². The summed E-state index contributed by atoms with van der Waals surface area (Å²) in [5.41, 5.74) is 4.77. The highest BCUT2D eigenvalue weighted by Gasteiger charge is 2.12. The maximum absolute atomic E-state index is 13.5. The van der Waals surface area contributed by atoms with Gasteiger partial charge in [0.05, 0.1) is 5.69 Å². The zero-order chi connectivity index (χ0) is 13.3. The van der Waals surface area contributed by atoms with Crippen molar-refractivity contribution >= 4 is 33.0 Å². The van der Waals surface area contributed by atoms with Crippen LogP contribution in [0.2, 0.25) is 0 Å². The predicted octanol–water partition coefficient (Wildman–Crippen LogP) is 4.19. The van der Waals surface area contributed by atoms with Crippen LogP contribution in [0.25, 0.3) is 0 Å². The molecule has 0 aliphatic carbocycles. The maximum Gasteiger partial charge on any atom is 0.151 e. The first kappa shape index (κ1) is 12.8. The van der Waals surface area contributed by atoms with E-state index in [1.54, 1.807) is 0 Å². The van der Waals surface area contributed by atoms with Crippen molar-refractivity contribution in [1.82, 2.24) is 0 Å². The van der Waals surface area contributed by atoms with Gasteiger partial charge in [-0.15, -0.1) is 0 Å². The van der Waals surface area contributed by atoms with Crippen molar-refractivity contribution in [2.45, 2.75) is 0 Å². The van der Waals surface area contributed by atoms with Gasteiger partial charge < -0.3 is 11.1 Å². The highest BCUT2D eigenvalue weighted by Crippen LogP contribution is 2.28. The molecule has 0 fully saturated rings. The molecular formula is C12H8BrF3N2. The Morgan fingerprint density at radius 3 is 2.17 bits per heavy atom. The first-order chi connectivity index (χ1) is 8.47. The van der Waals surface area contributed by atoms with E-state index in [1.807, 2.05) is 0 Å². The number of halogens is 4. The lowest BCUT2D eigenvalue weighted by Gasteiger charge is -2.10. The smallest absolute Gasteiger partial charge is 0.151 e. The minimum atomic E-state index is -0.883. The van der Waals surface area contributed by atoms with E-state index in [1.165, 1.54) is 18.2 Å². The van der Waals surface area contributed by atoms with Crippen LogP contribution in [0.15, 0.2) is 34.8 Å². The van der Waals surface area contributed by atoms with Crippen molar-refractivity contribution < 1.29 is 13.2 Å². The second kappa shape index (κ2) is 4.89. The van der Waals surface area contributed by atoms with Crippen molar-refractivity contribution in [1.29, 1.82) is 0 Å². The van der Waals surface area contributed by atoms with E-state index in [4.69, 9.17) is 5.73 Å². The van der Waals surface area contributed by atoms with Gasteiger partial charge in [-0.2, -0.15) is 0 Å². The number of hydrogen-bond acceptors (Lipinski definition) is 2. The molecule has 3 N–H and O–H groups in total. The summed E-state index contributed by atoms with van der Waals surface area (Å²) < 4.78 is 41.1. The first-order valence-electron chi connectivity index (χ1n) is 4.94. The molecule has 94 valence electrons. The SMILES string of the molecule is Nc1cc(F)c(Nc2cc(Br)ccc2F)c(F)c1. The summed E-state index contributed by atoms with van der Waals surface area (Å²) in [5.74, 6) is -2.38. The minimum Gasteiger partial charge on any atom is -0.399 e. The second-order valence-electron chi connectivity index (χ2n) is 3.61.